The monoisotopic (exact) mass is 320 g/mol. The maximum absolute atomic E-state index is 10.2. The number of hydrogen-bond acceptors (Lipinski definition) is 5. The van der Waals surface area contributed by atoms with Gasteiger partial charge in [0.05, 0.1) is 19.6 Å². The summed E-state index contributed by atoms with van der Waals surface area (Å²) in [6.45, 7) is 8.18. The van der Waals surface area contributed by atoms with E-state index < -0.39 is 33.7 Å². The quantitative estimate of drug-likeness (QED) is 0.190. The van der Waals surface area contributed by atoms with Crippen molar-refractivity contribution in [1.82, 2.24) is 0 Å². The van der Waals surface area contributed by atoms with E-state index in [2.05, 4.69) is 13.2 Å². The van der Waals surface area contributed by atoms with E-state index in [1.54, 1.807) is 12.2 Å². The third kappa shape index (κ3) is 15.3. The predicted molar refractivity (Wildman–Crippen MR) is 67.6 cm³/mol. The van der Waals surface area contributed by atoms with Crippen LogP contribution in [0.25, 0.3) is 0 Å². The van der Waals surface area contributed by atoms with Crippen molar-refractivity contribution < 1.29 is 68.5 Å². The van der Waals surface area contributed by atoms with Gasteiger partial charge in [-0.3, -0.25) is 14.1 Å². The van der Waals surface area contributed by atoms with Gasteiger partial charge in [0.1, 0.15) is 0 Å². The Morgan fingerprint density at radius 1 is 1.20 bits per heavy atom. The smallest absolute Gasteiger partial charge is 1.00 e. The summed E-state index contributed by atoms with van der Waals surface area (Å²) in [4.78, 5) is 20.0. The number of aliphatic carboxylic acids is 2. The Bertz CT molecular complexity index is 415. The number of carboxylic acids is 2. The zero-order valence-electron chi connectivity index (χ0n) is 12.1. The standard InChI is InChI=1S/C6H10O.C4H6O7S.Na.H/c1-3-5-7-6-4-2;5-3(6)1-2(4(7)8)12(9,10)11;;/h3-4H,1-2,5-6H2;2H,1H2,(H,5,6)(H,7,8)(H,9,10,11);;/q;;+1;-1. The van der Waals surface area contributed by atoms with Gasteiger partial charge in [-0.15, -0.1) is 13.2 Å². The molecule has 1 atom stereocenters. The van der Waals surface area contributed by atoms with Crippen molar-refractivity contribution in [1.29, 1.82) is 0 Å². The molecule has 0 aliphatic carbocycles. The van der Waals surface area contributed by atoms with E-state index >= 15 is 0 Å². The molecule has 0 spiro atoms. The maximum atomic E-state index is 10.2. The summed E-state index contributed by atoms with van der Waals surface area (Å²) in [6, 6.07) is 0. The van der Waals surface area contributed by atoms with E-state index in [-0.39, 0.29) is 31.0 Å². The van der Waals surface area contributed by atoms with Gasteiger partial charge in [-0.05, 0) is 0 Å². The molecule has 0 heterocycles. The normalized spacial score (nSPS) is 11.1. The molecule has 112 valence electrons. The molecule has 0 saturated heterocycles. The van der Waals surface area contributed by atoms with Crippen LogP contribution in [0.2, 0.25) is 0 Å². The molecule has 0 aromatic carbocycles. The maximum Gasteiger partial charge on any atom is 1.00 e. The molecule has 10 heteroatoms. The van der Waals surface area contributed by atoms with Crippen LogP contribution in [-0.2, 0) is 24.4 Å². The Kier molecular flexibility index (Phi) is 16.1. The van der Waals surface area contributed by atoms with Gasteiger partial charge in [-0.25, -0.2) is 0 Å². The number of carboxylic acid groups (broad SMARTS) is 2. The second-order valence-electron chi connectivity index (χ2n) is 3.05. The fourth-order valence-corrected chi connectivity index (χ4v) is 1.32. The first kappa shape index (κ1) is 24.3. The topological polar surface area (TPSA) is 138 Å². The minimum absolute atomic E-state index is 0. The molecule has 0 aromatic rings. The van der Waals surface area contributed by atoms with E-state index in [1.807, 2.05) is 0 Å². The van der Waals surface area contributed by atoms with E-state index in [4.69, 9.17) is 19.5 Å². The Morgan fingerprint density at radius 2 is 1.60 bits per heavy atom. The third-order valence-electron chi connectivity index (χ3n) is 1.47. The molecule has 0 fully saturated rings. The van der Waals surface area contributed by atoms with Gasteiger partial charge < -0.3 is 16.4 Å². The second kappa shape index (κ2) is 13.3. The molecule has 0 aliphatic rings. The van der Waals surface area contributed by atoms with Crippen molar-refractivity contribution in [2.45, 2.75) is 11.7 Å². The summed E-state index contributed by atoms with van der Waals surface area (Å²) >= 11 is 0. The molecule has 0 amide bonds. The molecule has 0 radical (unpaired) electrons. The van der Waals surface area contributed by atoms with E-state index in [0.717, 1.165) is 0 Å². The second-order valence-corrected chi connectivity index (χ2v) is 4.65. The summed E-state index contributed by atoms with van der Waals surface area (Å²) in [6.07, 6.45) is 2.27. The van der Waals surface area contributed by atoms with Crippen LogP contribution >= 0.6 is 0 Å². The van der Waals surface area contributed by atoms with E-state index in [0.29, 0.717) is 13.2 Å². The number of ether oxygens (including phenoxy) is 1. The van der Waals surface area contributed by atoms with Crippen LogP contribution in [0.5, 0.6) is 0 Å². The largest absolute Gasteiger partial charge is 1.00 e. The van der Waals surface area contributed by atoms with Crippen molar-refractivity contribution >= 4 is 22.1 Å². The molecule has 1 unspecified atom stereocenters. The summed E-state index contributed by atoms with van der Waals surface area (Å²) < 4.78 is 33.6. The molecule has 8 nitrogen and oxygen atoms in total. The Balaban J connectivity index is -0.000000140. The molecular formula is C10H17NaO8S. The third-order valence-corrected chi connectivity index (χ3v) is 2.55. The summed E-state index contributed by atoms with van der Waals surface area (Å²) in [5.74, 6) is -3.50. The van der Waals surface area contributed by atoms with Gasteiger partial charge in [0.15, 0.2) is 5.25 Å². The van der Waals surface area contributed by atoms with Crippen LogP contribution < -0.4 is 29.6 Å². The van der Waals surface area contributed by atoms with Crippen LogP contribution in [0, 0.1) is 0 Å². The average Bonchev–Trinajstić information content (AvgIpc) is 2.25. The van der Waals surface area contributed by atoms with Gasteiger partial charge in [0.25, 0.3) is 10.1 Å². The fraction of sp³-hybridized carbons (Fsp3) is 0.400. The molecule has 3 N–H and O–H groups in total. The van der Waals surface area contributed by atoms with Gasteiger partial charge in [-0.1, -0.05) is 12.2 Å². The molecule has 0 aliphatic heterocycles. The van der Waals surface area contributed by atoms with Gasteiger partial charge in [-0.2, -0.15) is 8.42 Å². The fourth-order valence-electron chi connectivity index (χ4n) is 0.713. The minimum atomic E-state index is -4.84. The van der Waals surface area contributed by atoms with Crippen molar-refractivity contribution in [2.24, 2.45) is 0 Å². The Hall–Kier alpha value is -0.710. The van der Waals surface area contributed by atoms with Crippen molar-refractivity contribution in [3.63, 3.8) is 0 Å². The van der Waals surface area contributed by atoms with Crippen LogP contribution in [0.3, 0.4) is 0 Å². The molecule has 0 rings (SSSR count). The number of hydrogen-bond donors (Lipinski definition) is 3. The Morgan fingerprint density at radius 3 is 1.75 bits per heavy atom. The minimum Gasteiger partial charge on any atom is -1.00 e. The summed E-state index contributed by atoms with van der Waals surface area (Å²) in [5.41, 5.74) is 0. The SMILES string of the molecule is C=CCOCC=C.O=C(O)CC(C(=O)O)S(=O)(=O)O.[H-].[Na+]. The number of carbonyl (C=O) groups is 2. The van der Waals surface area contributed by atoms with Crippen molar-refractivity contribution in [3.05, 3.63) is 25.3 Å². The average molecular weight is 320 g/mol. The van der Waals surface area contributed by atoms with Gasteiger partial charge in [0, 0.05) is 0 Å². The molecule has 0 saturated carbocycles. The summed E-state index contributed by atoms with van der Waals surface area (Å²) in [5, 5.41) is 13.9. The van der Waals surface area contributed by atoms with Crippen LogP contribution in [0.4, 0.5) is 0 Å². The zero-order chi connectivity index (χ0) is 15.5. The number of rotatable bonds is 8. The van der Waals surface area contributed by atoms with E-state index in [9.17, 15) is 18.0 Å². The first-order valence-corrected chi connectivity index (χ1v) is 6.37. The van der Waals surface area contributed by atoms with Crippen LogP contribution in [-0.4, -0.2) is 53.6 Å². The summed E-state index contributed by atoms with van der Waals surface area (Å²) in [7, 11) is -4.84. The van der Waals surface area contributed by atoms with Crippen LogP contribution in [0.15, 0.2) is 25.3 Å². The first-order valence-electron chi connectivity index (χ1n) is 4.87. The Labute approximate surface area is 140 Å². The van der Waals surface area contributed by atoms with Gasteiger partial charge >= 0.3 is 41.5 Å². The molecule has 0 aromatic heterocycles. The van der Waals surface area contributed by atoms with Crippen molar-refractivity contribution in [3.8, 4) is 0 Å². The zero-order valence-corrected chi connectivity index (χ0v) is 13.9. The van der Waals surface area contributed by atoms with E-state index in [1.165, 1.54) is 0 Å². The first-order chi connectivity index (χ1) is 8.66. The molecule has 0 bridgehead atoms. The predicted octanol–water partition coefficient (Wildman–Crippen LogP) is -2.71. The van der Waals surface area contributed by atoms with Crippen LogP contribution in [0.1, 0.15) is 7.85 Å². The molecular weight excluding hydrogens is 303 g/mol. The molecule has 20 heavy (non-hydrogen) atoms. The van der Waals surface area contributed by atoms with Crippen molar-refractivity contribution in [2.75, 3.05) is 13.2 Å². The van der Waals surface area contributed by atoms with Gasteiger partial charge in [0.2, 0.25) is 0 Å².